The van der Waals surface area contributed by atoms with E-state index in [2.05, 4.69) is 20.2 Å². The molecule has 2 aromatic carbocycles. The molecule has 0 aliphatic carbocycles. The lowest BCUT2D eigenvalue weighted by Gasteiger charge is -2.24. The SMILES string of the molecule is Cc1ccc(NC(=O)c2cccc(N(C)C)c2)cc1N(c1cccnc1)c1nccs1. The molecule has 31 heavy (non-hydrogen) atoms. The molecule has 0 saturated carbocycles. The van der Waals surface area contributed by atoms with Crippen LogP contribution in [0.2, 0.25) is 0 Å². The average molecular weight is 430 g/mol. The monoisotopic (exact) mass is 429 g/mol. The zero-order valence-electron chi connectivity index (χ0n) is 17.6. The summed E-state index contributed by atoms with van der Waals surface area (Å²) in [4.78, 5) is 25.7. The Bertz CT molecular complexity index is 1180. The Balaban J connectivity index is 1.68. The van der Waals surface area contributed by atoms with E-state index in [4.69, 9.17) is 0 Å². The topological polar surface area (TPSA) is 61.4 Å². The number of nitrogens with zero attached hydrogens (tertiary/aromatic N) is 4. The first-order valence-corrected chi connectivity index (χ1v) is 10.7. The molecule has 1 N–H and O–H groups in total. The normalized spacial score (nSPS) is 10.5. The Morgan fingerprint density at radius 3 is 2.55 bits per heavy atom. The second-order valence-corrected chi connectivity index (χ2v) is 8.13. The van der Waals surface area contributed by atoms with Crippen LogP contribution in [-0.2, 0) is 0 Å². The molecule has 2 aromatic heterocycles. The summed E-state index contributed by atoms with van der Waals surface area (Å²) in [5.74, 6) is -0.152. The lowest BCUT2D eigenvalue weighted by Crippen LogP contribution is -2.15. The highest BCUT2D eigenvalue weighted by molar-refractivity contribution is 7.13. The molecule has 6 nitrogen and oxygen atoms in total. The highest BCUT2D eigenvalue weighted by Gasteiger charge is 2.18. The van der Waals surface area contributed by atoms with Crippen molar-refractivity contribution in [2.75, 3.05) is 29.2 Å². The van der Waals surface area contributed by atoms with Gasteiger partial charge in [0.2, 0.25) is 0 Å². The minimum Gasteiger partial charge on any atom is -0.378 e. The van der Waals surface area contributed by atoms with Crippen LogP contribution in [0.4, 0.5) is 27.9 Å². The van der Waals surface area contributed by atoms with Gasteiger partial charge in [0, 0.05) is 48.8 Å². The molecule has 4 aromatic rings. The maximum atomic E-state index is 12.9. The molecule has 2 heterocycles. The average Bonchev–Trinajstić information content (AvgIpc) is 3.31. The number of pyridine rings is 1. The van der Waals surface area contributed by atoms with E-state index in [1.807, 2.05) is 85.9 Å². The molecule has 0 atom stereocenters. The number of carbonyl (C=O) groups is 1. The van der Waals surface area contributed by atoms with E-state index in [1.54, 1.807) is 29.9 Å². The van der Waals surface area contributed by atoms with Crippen LogP contribution in [0.3, 0.4) is 0 Å². The predicted octanol–water partition coefficient (Wildman–Crippen LogP) is 5.63. The maximum absolute atomic E-state index is 12.9. The van der Waals surface area contributed by atoms with Gasteiger partial charge in [-0.15, -0.1) is 11.3 Å². The minimum absolute atomic E-state index is 0.152. The number of aromatic nitrogens is 2. The van der Waals surface area contributed by atoms with Crippen molar-refractivity contribution in [3.05, 3.63) is 89.7 Å². The van der Waals surface area contributed by atoms with Crippen molar-refractivity contribution in [1.82, 2.24) is 9.97 Å². The minimum atomic E-state index is -0.152. The third-order valence-electron chi connectivity index (χ3n) is 4.85. The molecule has 4 rings (SSSR count). The van der Waals surface area contributed by atoms with Crippen LogP contribution in [0, 0.1) is 6.92 Å². The number of thiazole rings is 1. The maximum Gasteiger partial charge on any atom is 0.255 e. The molecule has 0 spiro atoms. The largest absolute Gasteiger partial charge is 0.378 e. The van der Waals surface area contributed by atoms with Crippen molar-refractivity contribution >= 4 is 45.1 Å². The number of aryl methyl sites for hydroxylation is 1. The van der Waals surface area contributed by atoms with Crippen LogP contribution in [0.25, 0.3) is 0 Å². The van der Waals surface area contributed by atoms with Crippen molar-refractivity contribution in [1.29, 1.82) is 0 Å². The fourth-order valence-corrected chi connectivity index (χ4v) is 3.90. The summed E-state index contributed by atoms with van der Waals surface area (Å²) in [6.45, 7) is 2.04. The Morgan fingerprint density at radius 1 is 1.00 bits per heavy atom. The fraction of sp³-hybridized carbons (Fsp3) is 0.125. The number of nitrogens with one attached hydrogen (secondary N) is 1. The molecular formula is C24H23N5OS. The number of hydrogen-bond donors (Lipinski definition) is 1. The van der Waals surface area contributed by atoms with Gasteiger partial charge in [-0.3, -0.25) is 14.7 Å². The number of carbonyl (C=O) groups excluding carboxylic acids is 1. The highest BCUT2D eigenvalue weighted by atomic mass is 32.1. The Morgan fingerprint density at radius 2 is 1.84 bits per heavy atom. The summed E-state index contributed by atoms with van der Waals surface area (Å²) in [5.41, 5.74) is 5.20. The fourth-order valence-electron chi connectivity index (χ4n) is 3.22. The van der Waals surface area contributed by atoms with E-state index in [1.165, 1.54) is 0 Å². The van der Waals surface area contributed by atoms with Gasteiger partial charge in [0.1, 0.15) is 0 Å². The summed E-state index contributed by atoms with van der Waals surface area (Å²) in [7, 11) is 3.91. The van der Waals surface area contributed by atoms with Crippen molar-refractivity contribution < 1.29 is 4.79 Å². The Kier molecular flexibility index (Phi) is 5.95. The first-order chi connectivity index (χ1) is 15.0. The second-order valence-electron chi connectivity index (χ2n) is 7.26. The molecule has 0 aliphatic rings. The summed E-state index contributed by atoms with van der Waals surface area (Å²) < 4.78 is 0. The standard InChI is InChI=1S/C24H23N5OS/c1-17-9-10-19(27-23(30)18-6-4-7-20(14-18)28(2)3)15-22(17)29(24-26-12-13-31-24)21-8-5-11-25-16-21/h4-16H,1-3H3,(H,27,30). The lowest BCUT2D eigenvalue weighted by atomic mass is 10.1. The predicted molar refractivity (Wildman–Crippen MR) is 128 cm³/mol. The van der Waals surface area contributed by atoms with Crippen LogP contribution in [0.15, 0.2) is 78.6 Å². The van der Waals surface area contributed by atoms with Gasteiger partial charge >= 0.3 is 0 Å². The molecule has 0 fully saturated rings. The number of hydrogen-bond acceptors (Lipinski definition) is 6. The van der Waals surface area contributed by atoms with Gasteiger partial charge in [-0.1, -0.05) is 12.1 Å². The van der Waals surface area contributed by atoms with Crippen molar-refractivity contribution in [3.63, 3.8) is 0 Å². The van der Waals surface area contributed by atoms with Gasteiger partial charge in [-0.05, 0) is 55.0 Å². The summed E-state index contributed by atoms with van der Waals surface area (Å²) >= 11 is 1.55. The third-order valence-corrected chi connectivity index (χ3v) is 5.60. The molecule has 7 heteroatoms. The zero-order valence-corrected chi connectivity index (χ0v) is 18.4. The van der Waals surface area contributed by atoms with Gasteiger partial charge in [0.05, 0.1) is 17.6 Å². The molecule has 0 radical (unpaired) electrons. The summed E-state index contributed by atoms with van der Waals surface area (Å²) in [6, 6.07) is 17.3. The summed E-state index contributed by atoms with van der Waals surface area (Å²) in [6.07, 6.45) is 5.33. The molecule has 0 bridgehead atoms. The van der Waals surface area contributed by atoms with Crippen LogP contribution in [0.5, 0.6) is 0 Å². The number of benzene rings is 2. The molecule has 0 unspecified atom stereocenters. The van der Waals surface area contributed by atoms with Crippen LogP contribution >= 0.6 is 11.3 Å². The van der Waals surface area contributed by atoms with E-state index >= 15 is 0 Å². The molecule has 0 saturated heterocycles. The summed E-state index contributed by atoms with van der Waals surface area (Å²) in [5, 5.41) is 5.80. The van der Waals surface area contributed by atoms with Gasteiger partial charge in [-0.2, -0.15) is 0 Å². The van der Waals surface area contributed by atoms with Crippen LogP contribution < -0.4 is 15.1 Å². The van der Waals surface area contributed by atoms with E-state index < -0.39 is 0 Å². The first kappa shape index (κ1) is 20.6. The number of amides is 1. The lowest BCUT2D eigenvalue weighted by molar-refractivity contribution is 0.102. The van der Waals surface area contributed by atoms with Gasteiger partial charge in [0.25, 0.3) is 5.91 Å². The molecule has 0 aliphatic heterocycles. The molecule has 156 valence electrons. The van der Waals surface area contributed by atoms with E-state index in [0.29, 0.717) is 11.3 Å². The van der Waals surface area contributed by atoms with E-state index in [-0.39, 0.29) is 5.91 Å². The van der Waals surface area contributed by atoms with Crippen LogP contribution in [0.1, 0.15) is 15.9 Å². The van der Waals surface area contributed by atoms with Crippen molar-refractivity contribution in [2.45, 2.75) is 6.92 Å². The number of rotatable bonds is 6. The highest BCUT2D eigenvalue weighted by Crippen LogP contribution is 2.38. The van der Waals surface area contributed by atoms with Crippen molar-refractivity contribution in [3.8, 4) is 0 Å². The van der Waals surface area contributed by atoms with Gasteiger partial charge in [0.15, 0.2) is 5.13 Å². The van der Waals surface area contributed by atoms with Gasteiger partial charge in [-0.25, -0.2) is 4.98 Å². The molecular weight excluding hydrogens is 406 g/mol. The van der Waals surface area contributed by atoms with Crippen LogP contribution in [-0.4, -0.2) is 30.0 Å². The first-order valence-electron chi connectivity index (χ1n) is 9.82. The van der Waals surface area contributed by atoms with Crippen molar-refractivity contribution in [2.24, 2.45) is 0 Å². The van der Waals surface area contributed by atoms with E-state index in [9.17, 15) is 4.79 Å². The molecule has 1 amide bonds. The van der Waals surface area contributed by atoms with E-state index in [0.717, 1.165) is 27.8 Å². The quantitative estimate of drug-likeness (QED) is 0.430. The second kappa shape index (κ2) is 8.97. The zero-order chi connectivity index (χ0) is 21.8. The Hall–Kier alpha value is -3.71. The number of anilines is 5. The smallest absolute Gasteiger partial charge is 0.255 e. The third kappa shape index (κ3) is 4.57. The van der Waals surface area contributed by atoms with Gasteiger partial charge < -0.3 is 10.2 Å². The Labute approximate surface area is 185 Å².